The molecule has 1 fully saturated rings. The Hall–Kier alpha value is -2.21. The minimum absolute atomic E-state index is 0.0161. The lowest BCUT2D eigenvalue weighted by Crippen LogP contribution is -2.38. The molecule has 1 aliphatic rings. The third-order valence-corrected chi connectivity index (χ3v) is 5.25. The highest BCUT2D eigenvalue weighted by molar-refractivity contribution is 5.95. The van der Waals surface area contributed by atoms with Crippen molar-refractivity contribution in [3.05, 3.63) is 64.7 Å². The van der Waals surface area contributed by atoms with Crippen LogP contribution in [0.2, 0.25) is 0 Å². The molecule has 2 aromatic carbocycles. The van der Waals surface area contributed by atoms with Crippen molar-refractivity contribution in [2.75, 3.05) is 31.6 Å². The first kappa shape index (κ1) is 20.5. The van der Waals surface area contributed by atoms with Crippen molar-refractivity contribution < 1.29 is 9.53 Å². The summed E-state index contributed by atoms with van der Waals surface area (Å²) in [4.78, 5) is 15.0. The summed E-state index contributed by atoms with van der Waals surface area (Å²) < 4.78 is 5.44. The van der Waals surface area contributed by atoms with E-state index >= 15 is 0 Å². The van der Waals surface area contributed by atoms with Crippen molar-refractivity contribution >= 4 is 11.6 Å². The van der Waals surface area contributed by atoms with Crippen molar-refractivity contribution in [1.82, 2.24) is 10.2 Å². The number of nitrogens with one attached hydrogen (secondary N) is 2. The zero-order valence-corrected chi connectivity index (χ0v) is 17.1. The summed E-state index contributed by atoms with van der Waals surface area (Å²) in [7, 11) is 0. The molecule has 0 saturated carbocycles. The molecule has 1 amide bonds. The van der Waals surface area contributed by atoms with Crippen LogP contribution >= 0.6 is 0 Å². The lowest BCUT2D eigenvalue weighted by Gasteiger charge is -2.27. The molecular weight excluding hydrogens is 350 g/mol. The summed E-state index contributed by atoms with van der Waals surface area (Å²) in [6, 6.07) is 14.2. The molecule has 0 spiro atoms. The van der Waals surface area contributed by atoms with Crippen LogP contribution in [0.15, 0.2) is 42.5 Å². The van der Waals surface area contributed by atoms with Gasteiger partial charge < -0.3 is 15.4 Å². The molecule has 0 bridgehead atoms. The summed E-state index contributed by atoms with van der Waals surface area (Å²) in [5.74, 6) is -0.0161. The summed E-state index contributed by atoms with van der Waals surface area (Å²) >= 11 is 0. The van der Waals surface area contributed by atoms with Gasteiger partial charge in [-0.15, -0.1) is 0 Å². The topological polar surface area (TPSA) is 53.6 Å². The van der Waals surface area contributed by atoms with Gasteiger partial charge in [0.25, 0.3) is 0 Å². The molecule has 2 aromatic rings. The van der Waals surface area contributed by atoms with E-state index in [0.717, 1.165) is 44.1 Å². The highest BCUT2D eigenvalue weighted by atomic mass is 16.5. The first-order chi connectivity index (χ1) is 13.5. The molecule has 150 valence electrons. The van der Waals surface area contributed by atoms with E-state index in [9.17, 15) is 4.79 Å². The Labute approximate surface area is 168 Å². The van der Waals surface area contributed by atoms with Gasteiger partial charge in [-0.25, -0.2) is 0 Å². The van der Waals surface area contributed by atoms with Crippen LogP contribution < -0.4 is 10.6 Å². The first-order valence-electron chi connectivity index (χ1n) is 10.0. The molecule has 0 radical (unpaired) electrons. The standard InChI is InChI=1S/C23H31N3O2/c1-17-8-9-22(18(2)14-17)25-23(27)19(3)24-15-20-6-4-5-7-21(20)16-26-10-12-28-13-11-26/h4-9,14,19,24H,10-13,15-16H2,1-3H3,(H,25,27). The Morgan fingerprint density at radius 2 is 1.82 bits per heavy atom. The minimum Gasteiger partial charge on any atom is -0.379 e. The fourth-order valence-corrected chi connectivity index (χ4v) is 3.43. The van der Waals surface area contributed by atoms with Crippen molar-refractivity contribution in [2.24, 2.45) is 0 Å². The Morgan fingerprint density at radius 3 is 2.54 bits per heavy atom. The van der Waals surface area contributed by atoms with Gasteiger partial charge in [0.2, 0.25) is 5.91 Å². The number of ether oxygens (including phenoxy) is 1. The summed E-state index contributed by atoms with van der Waals surface area (Å²) in [6.07, 6.45) is 0. The number of hydrogen-bond acceptors (Lipinski definition) is 4. The molecule has 28 heavy (non-hydrogen) atoms. The Kier molecular flexibility index (Phi) is 7.20. The van der Waals surface area contributed by atoms with Crippen molar-refractivity contribution in [3.63, 3.8) is 0 Å². The number of anilines is 1. The molecule has 0 aromatic heterocycles. The fourth-order valence-electron chi connectivity index (χ4n) is 3.43. The molecule has 1 unspecified atom stereocenters. The van der Waals surface area contributed by atoms with E-state index in [-0.39, 0.29) is 11.9 Å². The number of morpholine rings is 1. The van der Waals surface area contributed by atoms with Crippen LogP contribution in [-0.4, -0.2) is 43.2 Å². The van der Waals surface area contributed by atoms with E-state index in [1.807, 2.05) is 26.0 Å². The maximum Gasteiger partial charge on any atom is 0.241 e. The number of amides is 1. The maximum absolute atomic E-state index is 12.6. The molecule has 5 heteroatoms. The van der Waals surface area contributed by atoms with E-state index in [1.54, 1.807) is 0 Å². The quantitative estimate of drug-likeness (QED) is 0.773. The third kappa shape index (κ3) is 5.64. The lowest BCUT2D eigenvalue weighted by atomic mass is 10.1. The van der Waals surface area contributed by atoms with Crippen LogP contribution in [0.4, 0.5) is 5.69 Å². The SMILES string of the molecule is Cc1ccc(NC(=O)C(C)NCc2ccccc2CN2CCOCC2)c(C)c1. The van der Waals surface area contributed by atoms with Crippen LogP contribution in [0.1, 0.15) is 29.2 Å². The number of carbonyl (C=O) groups excluding carboxylic acids is 1. The summed E-state index contributed by atoms with van der Waals surface area (Å²) in [6.45, 7) is 11.1. The molecule has 1 atom stereocenters. The Bertz CT molecular complexity index is 800. The van der Waals surface area contributed by atoms with Gasteiger partial charge >= 0.3 is 0 Å². The van der Waals surface area contributed by atoms with Gasteiger partial charge in [-0.1, -0.05) is 42.0 Å². The van der Waals surface area contributed by atoms with Crippen molar-refractivity contribution in [1.29, 1.82) is 0 Å². The zero-order chi connectivity index (χ0) is 19.9. The van der Waals surface area contributed by atoms with E-state index in [1.165, 1.54) is 16.7 Å². The van der Waals surface area contributed by atoms with Gasteiger partial charge in [-0.05, 0) is 43.5 Å². The normalized spacial score (nSPS) is 16.0. The average Bonchev–Trinajstić information content (AvgIpc) is 2.70. The predicted molar refractivity (Wildman–Crippen MR) is 113 cm³/mol. The number of hydrogen-bond donors (Lipinski definition) is 2. The van der Waals surface area contributed by atoms with Crippen LogP contribution in [0.5, 0.6) is 0 Å². The maximum atomic E-state index is 12.6. The molecule has 3 rings (SSSR count). The van der Waals surface area contributed by atoms with Gasteiger partial charge in [0.05, 0.1) is 19.3 Å². The number of nitrogens with zero attached hydrogens (tertiary/aromatic N) is 1. The Morgan fingerprint density at radius 1 is 1.11 bits per heavy atom. The number of rotatable bonds is 7. The van der Waals surface area contributed by atoms with Gasteiger partial charge in [-0.3, -0.25) is 9.69 Å². The highest BCUT2D eigenvalue weighted by Gasteiger charge is 2.16. The molecule has 0 aliphatic carbocycles. The molecule has 2 N–H and O–H groups in total. The molecule has 5 nitrogen and oxygen atoms in total. The van der Waals surface area contributed by atoms with Gasteiger partial charge in [0, 0.05) is 31.9 Å². The summed E-state index contributed by atoms with van der Waals surface area (Å²) in [5, 5.41) is 6.40. The van der Waals surface area contributed by atoms with E-state index < -0.39 is 0 Å². The minimum atomic E-state index is -0.280. The van der Waals surface area contributed by atoms with Gasteiger partial charge in [-0.2, -0.15) is 0 Å². The van der Waals surface area contributed by atoms with E-state index in [4.69, 9.17) is 4.74 Å². The zero-order valence-electron chi connectivity index (χ0n) is 17.1. The van der Waals surface area contributed by atoms with Gasteiger partial charge in [0.15, 0.2) is 0 Å². The molecule has 1 aliphatic heterocycles. The summed E-state index contributed by atoms with van der Waals surface area (Å²) in [5.41, 5.74) is 5.69. The molecular formula is C23H31N3O2. The van der Waals surface area contributed by atoms with Crippen LogP contribution in [-0.2, 0) is 22.6 Å². The largest absolute Gasteiger partial charge is 0.379 e. The second kappa shape index (κ2) is 9.82. The smallest absolute Gasteiger partial charge is 0.241 e. The van der Waals surface area contributed by atoms with Gasteiger partial charge in [0.1, 0.15) is 0 Å². The average molecular weight is 382 g/mol. The Balaban J connectivity index is 1.56. The van der Waals surface area contributed by atoms with Crippen LogP contribution in [0.25, 0.3) is 0 Å². The van der Waals surface area contributed by atoms with E-state index in [0.29, 0.717) is 6.54 Å². The second-order valence-corrected chi connectivity index (χ2v) is 7.57. The monoisotopic (exact) mass is 381 g/mol. The third-order valence-electron chi connectivity index (χ3n) is 5.25. The van der Waals surface area contributed by atoms with Crippen LogP contribution in [0, 0.1) is 13.8 Å². The molecule has 1 heterocycles. The lowest BCUT2D eigenvalue weighted by molar-refractivity contribution is -0.117. The number of carbonyl (C=O) groups is 1. The number of benzene rings is 2. The molecule has 1 saturated heterocycles. The highest BCUT2D eigenvalue weighted by Crippen LogP contribution is 2.17. The fraction of sp³-hybridized carbons (Fsp3) is 0.435. The van der Waals surface area contributed by atoms with Crippen LogP contribution in [0.3, 0.4) is 0 Å². The van der Waals surface area contributed by atoms with E-state index in [2.05, 4.69) is 52.8 Å². The predicted octanol–water partition coefficient (Wildman–Crippen LogP) is 3.25. The second-order valence-electron chi connectivity index (χ2n) is 7.57. The van der Waals surface area contributed by atoms with Crippen molar-refractivity contribution in [3.8, 4) is 0 Å². The number of aryl methyl sites for hydroxylation is 2. The van der Waals surface area contributed by atoms with Crippen molar-refractivity contribution in [2.45, 2.75) is 39.9 Å². The first-order valence-corrected chi connectivity index (χ1v) is 10.0.